The summed E-state index contributed by atoms with van der Waals surface area (Å²) in [6.07, 6.45) is 1.50. The van der Waals surface area contributed by atoms with Gasteiger partial charge in [-0.1, -0.05) is 54.2 Å². The summed E-state index contributed by atoms with van der Waals surface area (Å²) < 4.78 is 14.1. The van der Waals surface area contributed by atoms with Crippen molar-refractivity contribution in [2.24, 2.45) is 5.10 Å². The van der Waals surface area contributed by atoms with Crippen LogP contribution in [0.5, 0.6) is 0 Å². The number of benzene rings is 2. The lowest BCUT2D eigenvalue weighted by Gasteiger charge is -2.05. The highest BCUT2D eigenvalue weighted by atomic mass is 32.2. The molecule has 3 rings (SSSR count). The van der Waals surface area contributed by atoms with Gasteiger partial charge in [-0.3, -0.25) is 4.79 Å². The van der Waals surface area contributed by atoms with Crippen molar-refractivity contribution < 1.29 is 9.18 Å². The van der Waals surface area contributed by atoms with Crippen molar-refractivity contribution in [3.63, 3.8) is 0 Å². The molecule has 144 valence electrons. The molecule has 0 unspecified atom stereocenters. The second kappa shape index (κ2) is 9.51. The van der Waals surface area contributed by atoms with Crippen molar-refractivity contribution in [2.45, 2.75) is 11.7 Å². The van der Waals surface area contributed by atoms with Gasteiger partial charge in [0.05, 0.1) is 12.0 Å². The number of amides is 1. The lowest BCUT2D eigenvalue weighted by atomic mass is 10.2. The topological polar surface area (TPSA) is 110 Å². The molecule has 0 aliphatic carbocycles. The lowest BCUT2D eigenvalue weighted by molar-refractivity contribution is -0.118. The molecule has 1 heterocycles. The first kappa shape index (κ1) is 19.4. The smallest absolute Gasteiger partial charge is 0.264 e. The standard InChI is InChI=1S/C18H18FN7OS/c19-15-8-6-14(7-9-15)11-22-23-17-24-25-18(26(17)20)28-12-16(27)21-10-13-4-2-1-3-5-13/h1-9,11H,10,12,20H2,(H,21,27)(H,23,24)/b22-11+. The SMILES string of the molecule is Nn1c(N/N=C/c2ccc(F)cc2)nnc1SCC(=O)NCc1ccccc1. The van der Waals surface area contributed by atoms with Gasteiger partial charge in [0.2, 0.25) is 11.1 Å². The van der Waals surface area contributed by atoms with Crippen molar-refractivity contribution in [1.29, 1.82) is 0 Å². The quantitative estimate of drug-likeness (QED) is 0.231. The van der Waals surface area contributed by atoms with Crippen LogP contribution in [0, 0.1) is 5.82 Å². The van der Waals surface area contributed by atoms with E-state index in [1.54, 1.807) is 12.1 Å². The molecule has 4 N–H and O–H groups in total. The Bertz CT molecular complexity index is 944. The summed E-state index contributed by atoms with van der Waals surface area (Å²) in [7, 11) is 0. The molecule has 0 atom stereocenters. The van der Waals surface area contributed by atoms with E-state index >= 15 is 0 Å². The van der Waals surface area contributed by atoms with Gasteiger partial charge in [0.1, 0.15) is 5.82 Å². The van der Waals surface area contributed by atoms with E-state index in [9.17, 15) is 9.18 Å². The number of nitrogens with one attached hydrogen (secondary N) is 2. The number of anilines is 1. The Morgan fingerprint density at radius 2 is 1.93 bits per heavy atom. The van der Waals surface area contributed by atoms with Crippen LogP contribution >= 0.6 is 11.8 Å². The zero-order valence-electron chi connectivity index (χ0n) is 14.7. The van der Waals surface area contributed by atoms with Gasteiger partial charge in [-0.05, 0) is 23.3 Å². The summed E-state index contributed by atoms with van der Waals surface area (Å²) in [4.78, 5) is 12.0. The van der Waals surface area contributed by atoms with Crippen LogP contribution in [0.4, 0.5) is 10.3 Å². The maximum absolute atomic E-state index is 12.9. The van der Waals surface area contributed by atoms with Gasteiger partial charge in [0, 0.05) is 6.54 Å². The summed E-state index contributed by atoms with van der Waals surface area (Å²) in [5.41, 5.74) is 4.39. The van der Waals surface area contributed by atoms with Crippen molar-refractivity contribution >= 4 is 29.8 Å². The third kappa shape index (κ3) is 5.55. The third-order valence-electron chi connectivity index (χ3n) is 3.58. The lowest BCUT2D eigenvalue weighted by Crippen LogP contribution is -2.25. The Labute approximate surface area is 165 Å². The number of carbonyl (C=O) groups excluding carboxylic acids is 1. The molecule has 0 aliphatic rings. The van der Waals surface area contributed by atoms with Crippen LogP contribution in [0.25, 0.3) is 0 Å². The summed E-state index contributed by atoms with van der Waals surface area (Å²) in [6.45, 7) is 0.459. The van der Waals surface area contributed by atoms with Crippen LogP contribution in [0.15, 0.2) is 64.9 Å². The van der Waals surface area contributed by atoms with Crippen LogP contribution < -0.4 is 16.6 Å². The van der Waals surface area contributed by atoms with Gasteiger partial charge in [-0.2, -0.15) is 5.10 Å². The van der Waals surface area contributed by atoms with E-state index < -0.39 is 0 Å². The van der Waals surface area contributed by atoms with Gasteiger partial charge in [0.15, 0.2) is 0 Å². The second-order valence-corrected chi connectivity index (χ2v) is 6.59. The van der Waals surface area contributed by atoms with Crippen molar-refractivity contribution in [1.82, 2.24) is 20.2 Å². The van der Waals surface area contributed by atoms with Crippen molar-refractivity contribution in [3.05, 3.63) is 71.5 Å². The first-order chi connectivity index (χ1) is 13.6. The molecule has 0 radical (unpaired) electrons. The van der Waals surface area contributed by atoms with Crippen LogP contribution in [-0.4, -0.2) is 32.7 Å². The van der Waals surface area contributed by atoms with Crippen LogP contribution in [-0.2, 0) is 11.3 Å². The molecular weight excluding hydrogens is 381 g/mol. The van der Waals surface area contributed by atoms with Crippen LogP contribution in [0.1, 0.15) is 11.1 Å². The average Bonchev–Trinajstić information content (AvgIpc) is 3.07. The number of aromatic nitrogens is 3. The van der Waals surface area contributed by atoms with E-state index in [0.29, 0.717) is 17.3 Å². The Morgan fingerprint density at radius 3 is 2.68 bits per heavy atom. The van der Waals surface area contributed by atoms with Gasteiger partial charge >= 0.3 is 0 Å². The molecule has 8 nitrogen and oxygen atoms in total. The normalized spacial score (nSPS) is 10.9. The minimum Gasteiger partial charge on any atom is -0.351 e. The molecule has 0 bridgehead atoms. The number of carbonyl (C=O) groups is 1. The van der Waals surface area contributed by atoms with Gasteiger partial charge < -0.3 is 11.2 Å². The fraction of sp³-hybridized carbons (Fsp3) is 0.111. The van der Waals surface area contributed by atoms with Crippen LogP contribution in [0.2, 0.25) is 0 Å². The minimum atomic E-state index is -0.318. The Balaban J connectivity index is 1.47. The Hall–Kier alpha value is -3.40. The van der Waals surface area contributed by atoms with E-state index in [1.165, 1.54) is 23.0 Å². The zero-order chi connectivity index (χ0) is 19.8. The summed E-state index contributed by atoms with van der Waals surface area (Å²) >= 11 is 1.16. The highest BCUT2D eigenvalue weighted by Gasteiger charge is 2.11. The number of nitrogens with zero attached hydrogens (tertiary/aromatic N) is 4. The maximum Gasteiger partial charge on any atom is 0.264 e. The van der Waals surface area contributed by atoms with E-state index in [0.717, 1.165) is 17.3 Å². The molecule has 10 heteroatoms. The molecule has 1 amide bonds. The predicted molar refractivity (Wildman–Crippen MR) is 107 cm³/mol. The molecule has 3 aromatic rings. The summed E-state index contributed by atoms with van der Waals surface area (Å²) in [6, 6.07) is 15.5. The van der Waals surface area contributed by atoms with Crippen molar-refractivity contribution in [2.75, 3.05) is 17.0 Å². The number of rotatable bonds is 8. The largest absolute Gasteiger partial charge is 0.351 e. The molecular formula is C18H18FN7OS. The van der Waals surface area contributed by atoms with Gasteiger partial charge in [-0.25, -0.2) is 14.5 Å². The molecule has 0 aliphatic heterocycles. The first-order valence-electron chi connectivity index (χ1n) is 8.30. The highest BCUT2D eigenvalue weighted by molar-refractivity contribution is 7.99. The number of nitrogens with two attached hydrogens (primary N) is 1. The maximum atomic E-state index is 12.9. The minimum absolute atomic E-state index is 0.138. The molecule has 0 spiro atoms. The highest BCUT2D eigenvalue weighted by Crippen LogP contribution is 2.16. The fourth-order valence-corrected chi connectivity index (χ4v) is 2.83. The number of hydrazone groups is 1. The number of nitrogen functional groups attached to an aromatic ring is 1. The van der Waals surface area contributed by atoms with Crippen molar-refractivity contribution in [3.8, 4) is 0 Å². The van der Waals surface area contributed by atoms with E-state index in [-0.39, 0.29) is 23.4 Å². The van der Waals surface area contributed by atoms with E-state index in [2.05, 4.69) is 26.0 Å². The second-order valence-electron chi connectivity index (χ2n) is 5.65. The fourth-order valence-electron chi connectivity index (χ4n) is 2.14. The monoisotopic (exact) mass is 399 g/mol. The van der Waals surface area contributed by atoms with E-state index in [4.69, 9.17) is 5.84 Å². The molecule has 0 fully saturated rings. The molecule has 0 saturated heterocycles. The molecule has 28 heavy (non-hydrogen) atoms. The number of halogens is 1. The zero-order valence-corrected chi connectivity index (χ0v) is 15.6. The Morgan fingerprint density at radius 1 is 1.18 bits per heavy atom. The summed E-state index contributed by atoms with van der Waals surface area (Å²) in [5, 5.41) is 15.0. The molecule has 1 aromatic heterocycles. The summed E-state index contributed by atoms with van der Waals surface area (Å²) in [5.74, 6) is 5.82. The van der Waals surface area contributed by atoms with E-state index in [1.807, 2.05) is 30.3 Å². The first-order valence-corrected chi connectivity index (χ1v) is 9.29. The van der Waals surface area contributed by atoms with Crippen LogP contribution in [0.3, 0.4) is 0 Å². The van der Waals surface area contributed by atoms with Gasteiger partial charge in [-0.15, -0.1) is 10.2 Å². The van der Waals surface area contributed by atoms with Gasteiger partial charge in [0.25, 0.3) is 5.95 Å². The molecule has 0 saturated carbocycles. The number of hydrogen-bond acceptors (Lipinski definition) is 7. The average molecular weight is 399 g/mol. The predicted octanol–water partition coefficient (Wildman–Crippen LogP) is 1.99. The molecule has 2 aromatic carbocycles. The third-order valence-corrected chi connectivity index (χ3v) is 4.52. The number of hydrogen-bond donors (Lipinski definition) is 3. The Kier molecular flexibility index (Phi) is 6.58. The number of thioether (sulfide) groups is 1.